The van der Waals surface area contributed by atoms with Crippen LogP contribution in [0.25, 0.3) is 11.1 Å². The van der Waals surface area contributed by atoms with Gasteiger partial charge in [-0.3, -0.25) is 0 Å². The molecule has 0 amide bonds. The average Bonchev–Trinajstić information content (AvgIpc) is 2.51. The third-order valence-electron chi connectivity index (χ3n) is 3.58. The highest BCUT2D eigenvalue weighted by molar-refractivity contribution is 6.32. The van der Waals surface area contributed by atoms with Crippen LogP contribution in [0.1, 0.15) is 12.8 Å². The first-order chi connectivity index (χ1) is 9.83. The summed E-state index contributed by atoms with van der Waals surface area (Å²) in [6, 6.07) is 16.2. The van der Waals surface area contributed by atoms with Gasteiger partial charge in [-0.25, -0.2) is 0 Å². The monoisotopic (exact) mass is 287 g/mol. The lowest BCUT2D eigenvalue weighted by molar-refractivity contribution is 0.167. The Morgan fingerprint density at radius 2 is 1.90 bits per heavy atom. The molecule has 1 heterocycles. The van der Waals surface area contributed by atoms with Crippen molar-refractivity contribution < 1.29 is 4.74 Å². The summed E-state index contributed by atoms with van der Waals surface area (Å²) in [5, 5.41) is 4.02. The third kappa shape index (κ3) is 3.14. The lowest BCUT2D eigenvalue weighted by atomic mass is 10.1. The van der Waals surface area contributed by atoms with E-state index in [1.807, 2.05) is 30.3 Å². The summed E-state index contributed by atoms with van der Waals surface area (Å²) >= 11 is 6.35. The van der Waals surface area contributed by atoms with Crippen molar-refractivity contribution in [1.29, 1.82) is 0 Å². The van der Waals surface area contributed by atoms with Gasteiger partial charge in [0.25, 0.3) is 0 Å². The molecular formula is C17H18ClNO. The molecule has 3 rings (SSSR count). The molecule has 1 N–H and O–H groups in total. The van der Waals surface area contributed by atoms with Crippen molar-refractivity contribution in [2.24, 2.45) is 0 Å². The number of ether oxygens (including phenoxy) is 1. The Balaban J connectivity index is 1.77. The van der Waals surface area contributed by atoms with E-state index in [1.165, 1.54) is 5.56 Å². The SMILES string of the molecule is Clc1cc(-c2ccccc2)ccc1O[C@@H]1CCCNC1. The first-order valence-corrected chi connectivity index (χ1v) is 7.43. The number of hydrogen-bond acceptors (Lipinski definition) is 2. The number of hydrogen-bond donors (Lipinski definition) is 1. The minimum atomic E-state index is 0.226. The van der Waals surface area contributed by atoms with E-state index in [9.17, 15) is 0 Å². The first-order valence-electron chi connectivity index (χ1n) is 7.05. The summed E-state index contributed by atoms with van der Waals surface area (Å²) in [7, 11) is 0. The van der Waals surface area contributed by atoms with Crippen LogP contribution in [0.3, 0.4) is 0 Å². The summed E-state index contributed by atoms with van der Waals surface area (Å²) < 4.78 is 5.98. The van der Waals surface area contributed by atoms with Crippen LogP contribution >= 0.6 is 11.6 Å². The van der Waals surface area contributed by atoms with Crippen molar-refractivity contribution in [3.63, 3.8) is 0 Å². The van der Waals surface area contributed by atoms with E-state index in [0.717, 1.165) is 37.2 Å². The molecule has 104 valence electrons. The number of benzene rings is 2. The van der Waals surface area contributed by atoms with Gasteiger partial charge < -0.3 is 10.1 Å². The zero-order valence-electron chi connectivity index (χ0n) is 11.3. The van der Waals surface area contributed by atoms with Crippen molar-refractivity contribution in [2.45, 2.75) is 18.9 Å². The zero-order valence-corrected chi connectivity index (χ0v) is 12.1. The highest BCUT2D eigenvalue weighted by Gasteiger charge is 2.15. The van der Waals surface area contributed by atoms with Gasteiger partial charge in [0.2, 0.25) is 0 Å². The molecule has 1 aliphatic rings. The summed E-state index contributed by atoms with van der Waals surface area (Å²) in [6.45, 7) is 1.98. The van der Waals surface area contributed by atoms with Crippen molar-refractivity contribution in [2.75, 3.05) is 13.1 Å². The molecule has 0 radical (unpaired) electrons. The van der Waals surface area contributed by atoms with Crippen molar-refractivity contribution in [3.05, 3.63) is 53.6 Å². The Bertz CT molecular complexity index is 564. The maximum Gasteiger partial charge on any atom is 0.138 e. The van der Waals surface area contributed by atoms with Gasteiger partial charge in [-0.15, -0.1) is 0 Å². The fourth-order valence-corrected chi connectivity index (χ4v) is 2.73. The summed E-state index contributed by atoms with van der Waals surface area (Å²) in [5.41, 5.74) is 2.28. The Morgan fingerprint density at radius 1 is 1.05 bits per heavy atom. The molecule has 0 saturated carbocycles. The van der Waals surface area contributed by atoms with Crippen LogP contribution in [0, 0.1) is 0 Å². The molecule has 0 unspecified atom stereocenters. The third-order valence-corrected chi connectivity index (χ3v) is 3.88. The van der Waals surface area contributed by atoms with Gasteiger partial charge in [0.15, 0.2) is 0 Å². The number of nitrogens with one attached hydrogen (secondary N) is 1. The largest absolute Gasteiger partial charge is 0.488 e. The molecule has 1 saturated heterocycles. The highest BCUT2D eigenvalue weighted by Crippen LogP contribution is 2.31. The normalized spacial score (nSPS) is 18.8. The Morgan fingerprint density at radius 3 is 2.60 bits per heavy atom. The molecule has 0 bridgehead atoms. The number of halogens is 1. The maximum absolute atomic E-state index is 6.35. The van der Waals surface area contributed by atoms with E-state index < -0.39 is 0 Å². The van der Waals surface area contributed by atoms with E-state index in [4.69, 9.17) is 16.3 Å². The van der Waals surface area contributed by atoms with Crippen LogP contribution in [0.4, 0.5) is 0 Å². The number of rotatable bonds is 3. The molecule has 0 aromatic heterocycles. The Kier molecular flexibility index (Phi) is 4.24. The van der Waals surface area contributed by atoms with Crippen molar-refractivity contribution in [1.82, 2.24) is 5.32 Å². The average molecular weight is 288 g/mol. The standard InChI is InChI=1S/C17H18ClNO/c18-16-11-14(13-5-2-1-3-6-13)8-9-17(16)20-15-7-4-10-19-12-15/h1-3,5-6,8-9,11,15,19H,4,7,10,12H2/t15-/m1/s1. The Hall–Kier alpha value is -1.51. The minimum absolute atomic E-state index is 0.226. The van der Waals surface area contributed by atoms with Crippen LogP contribution in [0.5, 0.6) is 5.75 Å². The second kappa shape index (κ2) is 6.29. The van der Waals surface area contributed by atoms with E-state index in [1.54, 1.807) is 0 Å². The predicted octanol–water partition coefficient (Wildman–Crippen LogP) is 4.14. The lowest BCUT2D eigenvalue weighted by Crippen LogP contribution is -2.37. The molecule has 20 heavy (non-hydrogen) atoms. The molecule has 2 aromatic rings. The Labute approximate surface area is 124 Å². The summed E-state index contributed by atoms with van der Waals surface area (Å²) in [4.78, 5) is 0. The first kappa shape index (κ1) is 13.5. The van der Waals surface area contributed by atoms with Crippen molar-refractivity contribution >= 4 is 11.6 Å². The fourth-order valence-electron chi connectivity index (χ4n) is 2.51. The van der Waals surface area contributed by atoms with Crippen LogP contribution in [0.15, 0.2) is 48.5 Å². The zero-order chi connectivity index (χ0) is 13.8. The molecule has 0 spiro atoms. The van der Waals surface area contributed by atoms with Gasteiger partial charge in [0, 0.05) is 6.54 Å². The van der Waals surface area contributed by atoms with Gasteiger partial charge in [0.05, 0.1) is 5.02 Å². The van der Waals surface area contributed by atoms with Gasteiger partial charge >= 0.3 is 0 Å². The van der Waals surface area contributed by atoms with E-state index in [0.29, 0.717) is 5.02 Å². The van der Waals surface area contributed by atoms with Crippen LogP contribution in [-0.4, -0.2) is 19.2 Å². The van der Waals surface area contributed by atoms with Crippen LogP contribution in [-0.2, 0) is 0 Å². The van der Waals surface area contributed by atoms with E-state index >= 15 is 0 Å². The molecule has 2 aromatic carbocycles. The van der Waals surface area contributed by atoms with Gasteiger partial charge in [-0.1, -0.05) is 48.0 Å². The van der Waals surface area contributed by atoms with Crippen molar-refractivity contribution in [3.8, 4) is 16.9 Å². The topological polar surface area (TPSA) is 21.3 Å². The van der Waals surface area contributed by atoms with E-state index in [-0.39, 0.29) is 6.10 Å². The molecule has 2 nitrogen and oxygen atoms in total. The maximum atomic E-state index is 6.35. The summed E-state index contributed by atoms with van der Waals surface area (Å²) in [6.07, 6.45) is 2.47. The molecule has 3 heteroatoms. The van der Waals surface area contributed by atoms with Gasteiger partial charge in [0.1, 0.15) is 11.9 Å². The molecule has 1 aliphatic heterocycles. The van der Waals surface area contributed by atoms with Crippen LogP contribution < -0.4 is 10.1 Å². The second-order valence-corrected chi connectivity index (χ2v) is 5.50. The quantitative estimate of drug-likeness (QED) is 0.916. The highest BCUT2D eigenvalue weighted by atomic mass is 35.5. The fraction of sp³-hybridized carbons (Fsp3) is 0.294. The molecule has 1 atom stereocenters. The van der Waals surface area contributed by atoms with Gasteiger partial charge in [-0.2, -0.15) is 0 Å². The predicted molar refractivity (Wildman–Crippen MR) is 83.4 cm³/mol. The minimum Gasteiger partial charge on any atom is -0.488 e. The lowest BCUT2D eigenvalue weighted by Gasteiger charge is -2.24. The second-order valence-electron chi connectivity index (χ2n) is 5.10. The van der Waals surface area contributed by atoms with E-state index in [2.05, 4.69) is 23.5 Å². The smallest absolute Gasteiger partial charge is 0.138 e. The van der Waals surface area contributed by atoms with Crippen LogP contribution in [0.2, 0.25) is 5.02 Å². The summed E-state index contributed by atoms with van der Waals surface area (Å²) in [5.74, 6) is 0.778. The molecule has 1 fully saturated rings. The molecule has 0 aliphatic carbocycles. The van der Waals surface area contributed by atoms with Gasteiger partial charge in [-0.05, 0) is 42.6 Å². The number of piperidine rings is 1. The molecular weight excluding hydrogens is 270 g/mol.